The summed E-state index contributed by atoms with van der Waals surface area (Å²) in [6.07, 6.45) is 8.32. The van der Waals surface area contributed by atoms with Crippen LogP contribution in [0.15, 0.2) is 59.6 Å². The standard InChI is InChI=1S/C27H30N10O2/c1-16-8-20(11-29-26(16)37-15-19(6-7-38)13-31-37)12-30-27(39)22-5-4-21(14-28-22)25-32-17(2)9-23(34-25)33-24-10-18(3)35-36-24/h4-5,9-11,13-16,38H,6-8,12H2,1-3H3,(H,30,39)(H2,32,33,34,35,36). The van der Waals surface area contributed by atoms with Gasteiger partial charge < -0.3 is 15.7 Å². The molecule has 0 radical (unpaired) electrons. The Hall–Kier alpha value is -4.71. The van der Waals surface area contributed by atoms with Crippen LogP contribution in [-0.2, 0) is 6.42 Å². The first-order valence-electron chi connectivity index (χ1n) is 12.7. The largest absolute Gasteiger partial charge is 0.396 e. The maximum Gasteiger partial charge on any atom is 0.270 e. The first-order valence-corrected chi connectivity index (χ1v) is 12.7. The summed E-state index contributed by atoms with van der Waals surface area (Å²) in [5, 5.41) is 26.6. The van der Waals surface area contributed by atoms with Crippen LogP contribution in [0, 0.1) is 19.8 Å². The lowest BCUT2D eigenvalue weighted by Crippen LogP contribution is -2.30. The number of carbonyl (C=O) groups excluding carboxylic acids is 1. The number of nitrogens with zero attached hydrogens (tertiary/aromatic N) is 7. The van der Waals surface area contributed by atoms with Crippen molar-refractivity contribution in [3.63, 3.8) is 0 Å². The SMILES string of the molecule is Cc1cc(Nc2cc(C)[nH]n2)nc(-c2ccc(C(=O)NCC3=CN=C(n4cc(CCO)cn4)C(C)C3)nc2)n1. The van der Waals surface area contributed by atoms with Crippen molar-refractivity contribution >= 4 is 23.4 Å². The Morgan fingerprint density at radius 3 is 2.77 bits per heavy atom. The minimum atomic E-state index is -0.271. The normalized spacial score (nSPS) is 15.0. The molecule has 12 heteroatoms. The molecule has 12 nitrogen and oxygen atoms in total. The summed E-state index contributed by atoms with van der Waals surface area (Å²) in [7, 11) is 0. The number of pyridine rings is 1. The Morgan fingerprint density at radius 1 is 1.18 bits per heavy atom. The van der Waals surface area contributed by atoms with E-state index in [1.807, 2.05) is 32.2 Å². The van der Waals surface area contributed by atoms with Crippen molar-refractivity contribution in [3.05, 3.63) is 77.3 Å². The Labute approximate surface area is 225 Å². The van der Waals surface area contributed by atoms with Gasteiger partial charge in [-0.05, 0) is 50.0 Å². The van der Waals surface area contributed by atoms with Crippen molar-refractivity contribution in [2.45, 2.75) is 33.6 Å². The molecule has 4 aromatic rings. The second-order valence-corrected chi connectivity index (χ2v) is 9.54. The molecule has 0 aromatic carbocycles. The summed E-state index contributed by atoms with van der Waals surface area (Å²) in [6.45, 7) is 6.35. The first-order chi connectivity index (χ1) is 18.9. The number of carbonyl (C=O) groups is 1. The highest BCUT2D eigenvalue weighted by molar-refractivity contribution is 5.92. The number of hydrogen-bond acceptors (Lipinski definition) is 9. The fourth-order valence-corrected chi connectivity index (χ4v) is 4.29. The van der Waals surface area contributed by atoms with Gasteiger partial charge in [-0.2, -0.15) is 10.2 Å². The van der Waals surface area contributed by atoms with E-state index >= 15 is 0 Å². The summed E-state index contributed by atoms with van der Waals surface area (Å²) in [4.78, 5) is 30.8. The molecule has 1 aliphatic rings. The highest BCUT2D eigenvalue weighted by Gasteiger charge is 2.20. The molecule has 0 spiro atoms. The number of hydrogen-bond donors (Lipinski definition) is 4. The summed E-state index contributed by atoms with van der Waals surface area (Å²) < 4.78 is 1.75. The molecule has 4 aromatic heterocycles. The average Bonchev–Trinajstić information content (AvgIpc) is 3.56. The predicted octanol–water partition coefficient (Wildman–Crippen LogP) is 2.95. The van der Waals surface area contributed by atoms with Crippen molar-refractivity contribution in [1.29, 1.82) is 0 Å². The van der Waals surface area contributed by atoms with Crippen LogP contribution in [0.2, 0.25) is 0 Å². The highest BCUT2D eigenvalue weighted by Crippen LogP contribution is 2.21. The molecule has 1 atom stereocenters. The second kappa shape index (κ2) is 11.4. The zero-order valence-corrected chi connectivity index (χ0v) is 22.0. The molecule has 5 heterocycles. The van der Waals surface area contributed by atoms with E-state index in [2.05, 4.69) is 52.8 Å². The number of aromatic nitrogens is 7. The molecule has 0 bridgehead atoms. The number of aliphatic hydroxyl groups is 1. The van der Waals surface area contributed by atoms with Crippen LogP contribution in [0.4, 0.5) is 11.6 Å². The van der Waals surface area contributed by atoms with E-state index in [0.29, 0.717) is 41.7 Å². The predicted molar refractivity (Wildman–Crippen MR) is 147 cm³/mol. The summed E-state index contributed by atoms with van der Waals surface area (Å²) in [5.41, 5.74) is 4.70. The van der Waals surface area contributed by atoms with Gasteiger partial charge in [-0.1, -0.05) is 6.92 Å². The molecule has 200 valence electrons. The molecule has 1 unspecified atom stereocenters. The van der Waals surface area contributed by atoms with Crippen molar-refractivity contribution in [2.24, 2.45) is 10.9 Å². The highest BCUT2D eigenvalue weighted by atomic mass is 16.3. The number of aliphatic imine (C=N–C) groups is 1. The fraction of sp³-hybridized carbons (Fsp3) is 0.296. The van der Waals surface area contributed by atoms with E-state index in [0.717, 1.165) is 34.8 Å². The van der Waals surface area contributed by atoms with Gasteiger partial charge in [0, 0.05) is 66.7 Å². The van der Waals surface area contributed by atoms with Gasteiger partial charge >= 0.3 is 0 Å². The quantitative estimate of drug-likeness (QED) is 0.273. The fourth-order valence-electron chi connectivity index (χ4n) is 4.29. The van der Waals surface area contributed by atoms with Crippen LogP contribution in [0.25, 0.3) is 11.4 Å². The van der Waals surface area contributed by atoms with Crippen LogP contribution in [0.1, 0.15) is 40.8 Å². The van der Waals surface area contributed by atoms with Gasteiger partial charge in [0.1, 0.15) is 17.3 Å². The van der Waals surface area contributed by atoms with Crippen molar-refractivity contribution < 1.29 is 9.90 Å². The van der Waals surface area contributed by atoms with E-state index in [-0.39, 0.29) is 18.4 Å². The van der Waals surface area contributed by atoms with E-state index < -0.39 is 0 Å². The molecular weight excluding hydrogens is 496 g/mol. The van der Waals surface area contributed by atoms with Crippen LogP contribution < -0.4 is 10.6 Å². The number of amides is 1. The maximum atomic E-state index is 12.8. The molecule has 0 fully saturated rings. The Morgan fingerprint density at radius 2 is 2.05 bits per heavy atom. The lowest BCUT2D eigenvalue weighted by molar-refractivity contribution is 0.0951. The lowest BCUT2D eigenvalue weighted by atomic mass is 9.98. The number of nitrogens with one attached hydrogen (secondary N) is 3. The van der Waals surface area contributed by atoms with Gasteiger partial charge in [0.25, 0.3) is 5.91 Å². The van der Waals surface area contributed by atoms with Gasteiger partial charge in [0.05, 0.1) is 6.20 Å². The minimum Gasteiger partial charge on any atom is -0.396 e. The molecule has 5 rings (SSSR count). The Kier molecular flexibility index (Phi) is 7.55. The molecule has 4 N–H and O–H groups in total. The lowest BCUT2D eigenvalue weighted by Gasteiger charge is -2.20. The van der Waals surface area contributed by atoms with Gasteiger partial charge in [0.15, 0.2) is 11.6 Å². The topological polar surface area (TPSA) is 159 Å². The van der Waals surface area contributed by atoms with Gasteiger partial charge in [-0.25, -0.2) is 19.6 Å². The molecule has 1 amide bonds. The average molecular weight is 527 g/mol. The zero-order valence-electron chi connectivity index (χ0n) is 22.0. The monoisotopic (exact) mass is 526 g/mol. The molecule has 1 aliphatic heterocycles. The van der Waals surface area contributed by atoms with Gasteiger partial charge in [-0.15, -0.1) is 0 Å². The number of rotatable bonds is 8. The smallest absolute Gasteiger partial charge is 0.270 e. The van der Waals surface area contributed by atoms with Gasteiger partial charge in [0.2, 0.25) is 0 Å². The third-order valence-corrected chi connectivity index (χ3v) is 6.21. The minimum absolute atomic E-state index is 0.0829. The Bertz CT molecular complexity index is 1530. The Balaban J connectivity index is 1.21. The van der Waals surface area contributed by atoms with Crippen LogP contribution in [0.5, 0.6) is 0 Å². The first kappa shape index (κ1) is 25.9. The number of aliphatic hydroxyl groups excluding tert-OH is 1. The van der Waals surface area contributed by atoms with Crippen molar-refractivity contribution in [3.8, 4) is 11.4 Å². The molecular formula is C27H30N10O2. The molecule has 0 aliphatic carbocycles. The number of anilines is 2. The van der Waals surface area contributed by atoms with E-state index in [1.54, 1.807) is 35.4 Å². The summed E-state index contributed by atoms with van der Waals surface area (Å²) >= 11 is 0. The summed E-state index contributed by atoms with van der Waals surface area (Å²) in [5.74, 6) is 2.48. The molecule has 39 heavy (non-hydrogen) atoms. The number of aromatic amines is 1. The third kappa shape index (κ3) is 6.24. The van der Waals surface area contributed by atoms with Crippen LogP contribution in [0.3, 0.4) is 0 Å². The third-order valence-electron chi connectivity index (χ3n) is 6.21. The zero-order chi connectivity index (χ0) is 27.4. The number of H-pyrrole nitrogens is 1. The summed E-state index contributed by atoms with van der Waals surface area (Å²) in [6, 6.07) is 7.17. The van der Waals surface area contributed by atoms with E-state index in [4.69, 9.17) is 5.11 Å². The van der Waals surface area contributed by atoms with Crippen LogP contribution >= 0.6 is 0 Å². The van der Waals surface area contributed by atoms with E-state index in [9.17, 15) is 4.79 Å². The van der Waals surface area contributed by atoms with Gasteiger partial charge in [-0.3, -0.25) is 14.9 Å². The van der Waals surface area contributed by atoms with Crippen LogP contribution in [-0.4, -0.2) is 64.9 Å². The molecule has 0 saturated carbocycles. The maximum absolute atomic E-state index is 12.8. The van der Waals surface area contributed by atoms with Crippen molar-refractivity contribution in [2.75, 3.05) is 18.5 Å². The second-order valence-electron chi connectivity index (χ2n) is 9.54. The number of aryl methyl sites for hydroxylation is 2. The van der Waals surface area contributed by atoms with Crippen molar-refractivity contribution in [1.82, 2.24) is 40.2 Å². The van der Waals surface area contributed by atoms with E-state index in [1.165, 1.54) is 0 Å². The molecule has 0 saturated heterocycles.